The van der Waals surface area contributed by atoms with Gasteiger partial charge in [-0.3, -0.25) is 14.5 Å². The predicted molar refractivity (Wildman–Crippen MR) is 136 cm³/mol. The van der Waals surface area contributed by atoms with Gasteiger partial charge in [-0.25, -0.2) is 0 Å². The number of amides is 1. The molecule has 4 rings (SSSR count). The molecule has 7 nitrogen and oxygen atoms in total. The third kappa shape index (κ3) is 4.35. The summed E-state index contributed by atoms with van der Waals surface area (Å²) >= 11 is 0. The van der Waals surface area contributed by atoms with Crippen LogP contribution in [0.5, 0.6) is 17.2 Å². The highest BCUT2D eigenvalue weighted by molar-refractivity contribution is 6.06. The summed E-state index contributed by atoms with van der Waals surface area (Å²) in [6.07, 6.45) is 2.12. The monoisotopic (exact) mass is 478 g/mol. The fourth-order valence-electron chi connectivity index (χ4n) is 5.23. The normalized spacial score (nSPS) is 18.7. The van der Waals surface area contributed by atoms with Gasteiger partial charge in [0.15, 0.2) is 17.3 Å². The Kier molecular flexibility index (Phi) is 6.79. The van der Waals surface area contributed by atoms with Crippen LogP contribution >= 0.6 is 0 Å². The first-order valence-corrected chi connectivity index (χ1v) is 12.0. The van der Waals surface area contributed by atoms with Crippen molar-refractivity contribution in [2.24, 2.45) is 5.41 Å². The summed E-state index contributed by atoms with van der Waals surface area (Å²) in [5, 5.41) is 3.53. The van der Waals surface area contributed by atoms with Crippen molar-refractivity contribution in [3.05, 3.63) is 53.2 Å². The molecule has 2 aromatic rings. The Morgan fingerprint density at radius 1 is 1.03 bits per heavy atom. The molecule has 0 radical (unpaired) electrons. The SMILES string of the molecule is CCCC(=O)N1c2ccccc2NC2=C(C(=O)CC(C)(C)C2)[C@@H]1c1ccc(OC)c(OC)c1OC. The Morgan fingerprint density at radius 2 is 1.74 bits per heavy atom. The molecule has 0 fully saturated rings. The summed E-state index contributed by atoms with van der Waals surface area (Å²) in [6, 6.07) is 10.7. The lowest BCUT2D eigenvalue weighted by atomic mass is 9.73. The van der Waals surface area contributed by atoms with E-state index in [1.165, 1.54) is 0 Å². The van der Waals surface area contributed by atoms with Gasteiger partial charge in [0.1, 0.15) is 0 Å². The predicted octanol–water partition coefficient (Wildman–Crippen LogP) is 5.66. The molecule has 1 aliphatic heterocycles. The standard InChI is InChI=1S/C28H34N2O5/c1-7-10-23(32)30-20-12-9-8-11-18(20)29-19-15-28(2,3)16-21(31)24(19)25(30)17-13-14-22(33-4)27(35-6)26(17)34-5/h8-9,11-14,25,29H,7,10,15-16H2,1-6H3/t25-/m0/s1. The van der Waals surface area contributed by atoms with Crippen LogP contribution in [0.1, 0.15) is 58.1 Å². The lowest BCUT2D eigenvalue weighted by molar-refractivity contribution is -0.119. The molecule has 1 amide bonds. The maximum atomic E-state index is 13.8. The van der Waals surface area contributed by atoms with E-state index in [-0.39, 0.29) is 17.1 Å². The zero-order valence-corrected chi connectivity index (χ0v) is 21.4. The van der Waals surface area contributed by atoms with Crippen LogP contribution < -0.4 is 24.4 Å². The maximum absolute atomic E-state index is 13.8. The molecule has 7 heteroatoms. The van der Waals surface area contributed by atoms with Crippen LogP contribution in [0.4, 0.5) is 11.4 Å². The number of hydrogen-bond donors (Lipinski definition) is 1. The number of carbonyl (C=O) groups excluding carboxylic acids is 2. The molecule has 0 unspecified atom stereocenters. The minimum Gasteiger partial charge on any atom is -0.493 e. The molecule has 1 N–H and O–H groups in total. The van der Waals surface area contributed by atoms with Gasteiger partial charge in [0.2, 0.25) is 11.7 Å². The number of hydrogen-bond acceptors (Lipinski definition) is 6. The van der Waals surface area contributed by atoms with Gasteiger partial charge in [0, 0.05) is 29.7 Å². The minimum absolute atomic E-state index is 0.0210. The van der Waals surface area contributed by atoms with Crippen molar-refractivity contribution in [3.63, 3.8) is 0 Å². The van der Waals surface area contributed by atoms with Gasteiger partial charge in [-0.15, -0.1) is 0 Å². The first kappa shape index (κ1) is 24.6. The summed E-state index contributed by atoms with van der Waals surface area (Å²) in [5.74, 6) is 1.33. The van der Waals surface area contributed by atoms with Crippen LogP contribution in [0.2, 0.25) is 0 Å². The van der Waals surface area contributed by atoms with Gasteiger partial charge in [0.25, 0.3) is 0 Å². The minimum atomic E-state index is -0.682. The lowest BCUT2D eigenvalue weighted by Gasteiger charge is -2.37. The average Bonchev–Trinajstić information content (AvgIpc) is 2.96. The number of nitrogens with one attached hydrogen (secondary N) is 1. The summed E-state index contributed by atoms with van der Waals surface area (Å²) in [5.41, 5.74) is 3.44. The molecule has 0 spiro atoms. The number of carbonyl (C=O) groups is 2. The van der Waals surface area contributed by atoms with Crippen LogP contribution in [0.15, 0.2) is 47.7 Å². The van der Waals surface area contributed by atoms with Crippen LogP contribution in [0.3, 0.4) is 0 Å². The second-order valence-corrected chi connectivity index (χ2v) is 9.82. The van der Waals surface area contributed by atoms with E-state index < -0.39 is 6.04 Å². The third-order valence-electron chi connectivity index (χ3n) is 6.66. The molecular weight excluding hydrogens is 444 g/mol. The van der Waals surface area contributed by atoms with Gasteiger partial charge in [-0.1, -0.05) is 32.9 Å². The molecule has 1 heterocycles. The van der Waals surface area contributed by atoms with Gasteiger partial charge < -0.3 is 19.5 Å². The van der Waals surface area contributed by atoms with Gasteiger partial charge in [-0.05, 0) is 42.5 Å². The quantitative estimate of drug-likeness (QED) is 0.578. The van der Waals surface area contributed by atoms with E-state index in [1.54, 1.807) is 32.3 Å². The van der Waals surface area contributed by atoms with Crippen molar-refractivity contribution in [2.75, 3.05) is 31.5 Å². The Bertz CT molecular complexity index is 1180. The molecule has 1 aliphatic carbocycles. The highest BCUT2D eigenvalue weighted by Crippen LogP contribution is 2.52. The molecule has 0 bridgehead atoms. The number of rotatable bonds is 6. The van der Waals surface area contributed by atoms with E-state index in [0.29, 0.717) is 54.1 Å². The van der Waals surface area contributed by atoms with Crippen LogP contribution in [-0.4, -0.2) is 33.0 Å². The van der Waals surface area contributed by atoms with E-state index in [9.17, 15) is 9.59 Å². The third-order valence-corrected chi connectivity index (χ3v) is 6.66. The molecule has 186 valence electrons. The van der Waals surface area contributed by atoms with Gasteiger partial charge in [-0.2, -0.15) is 0 Å². The molecule has 0 aromatic heterocycles. The second-order valence-electron chi connectivity index (χ2n) is 9.82. The summed E-state index contributed by atoms with van der Waals surface area (Å²) in [7, 11) is 4.67. The molecule has 2 aromatic carbocycles. The molecule has 1 atom stereocenters. The van der Waals surface area contributed by atoms with Crippen molar-refractivity contribution >= 4 is 23.1 Å². The molecule has 0 saturated carbocycles. The number of para-hydroxylation sites is 2. The zero-order valence-electron chi connectivity index (χ0n) is 21.4. The second kappa shape index (κ2) is 9.64. The number of ketones is 1. The zero-order chi connectivity index (χ0) is 25.3. The van der Waals surface area contributed by atoms with Crippen molar-refractivity contribution in [3.8, 4) is 17.2 Å². The Labute approximate surface area is 207 Å². The number of ether oxygens (including phenoxy) is 3. The lowest BCUT2D eigenvalue weighted by Crippen LogP contribution is -2.39. The number of allylic oxidation sites excluding steroid dienone is 1. The first-order valence-electron chi connectivity index (χ1n) is 12.0. The van der Waals surface area contributed by atoms with Gasteiger partial charge in [0.05, 0.1) is 38.7 Å². The van der Waals surface area contributed by atoms with Gasteiger partial charge >= 0.3 is 0 Å². The summed E-state index contributed by atoms with van der Waals surface area (Å²) in [6.45, 7) is 6.17. The maximum Gasteiger partial charge on any atom is 0.227 e. The van der Waals surface area contributed by atoms with E-state index in [2.05, 4.69) is 19.2 Å². The number of fused-ring (bicyclic) bond motifs is 1. The van der Waals surface area contributed by atoms with E-state index in [0.717, 1.165) is 17.1 Å². The highest BCUT2D eigenvalue weighted by Gasteiger charge is 2.44. The smallest absolute Gasteiger partial charge is 0.227 e. The highest BCUT2D eigenvalue weighted by atomic mass is 16.5. The fourth-order valence-corrected chi connectivity index (χ4v) is 5.23. The van der Waals surface area contributed by atoms with E-state index in [4.69, 9.17) is 14.2 Å². The van der Waals surface area contributed by atoms with Crippen molar-refractivity contribution in [1.82, 2.24) is 0 Å². The Hall–Kier alpha value is -3.48. The van der Waals surface area contributed by atoms with Crippen molar-refractivity contribution < 1.29 is 23.8 Å². The number of methoxy groups -OCH3 is 3. The van der Waals surface area contributed by atoms with Crippen LogP contribution in [0.25, 0.3) is 0 Å². The largest absolute Gasteiger partial charge is 0.493 e. The van der Waals surface area contributed by atoms with Crippen molar-refractivity contribution in [1.29, 1.82) is 0 Å². The van der Waals surface area contributed by atoms with E-state index in [1.807, 2.05) is 37.3 Å². The number of nitrogens with zero attached hydrogens (tertiary/aromatic N) is 1. The van der Waals surface area contributed by atoms with Crippen molar-refractivity contribution in [2.45, 2.75) is 52.5 Å². The molecule has 0 saturated heterocycles. The van der Waals surface area contributed by atoms with Crippen LogP contribution in [0, 0.1) is 5.41 Å². The first-order chi connectivity index (χ1) is 16.8. The molecule has 35 heavy (non-hydrogen) atoms. The average molecular weight is 479 g/mol. The Morgan fingerprint density at radius 3 is 2.40 bits per heavy atom. The molecule has 2 aliphatic rings. The van der Waals surface area contributed by atoms with E-state index >= 15 is 0 Å². The number of anilines is 2. The number of Topliss-reactive ketones (excluding diaryl/α,β-unsaturated/α-hetero) is 1. The Balaban J connectivity index is 2.08. The van der Waals surface area contributed by atoms with Crippen LogP contribution in [-0.2, 0) is 9.59 Å². The summed E-state index contributed by atoms with van der Waals surface area (Å²) in [4.78, 5) is 29.3. The fraction of sp³-hybridized carbons (Fsp3) is 0.429. The number of benzene rings is 2. The summed E-state index contributed by atoms with van der Waals surface area (Å²) < 4.78 is 17.0. The molecular formula is C28H34N2O5. The topological polar surface area (TPSA) is 77.1 Å².